The Labute approximate surface area is 122 Å². The normalized spacial score (nSPS) is 11.9. The molecule has 2 nitrogen and oxygen atoms in total. The molecule has 2 aromatic heterocycles. The average Bonchev–Trinajstić information content (AvgIpc) is 2.36. The van der Waals surface area contributed by atoms with Gasteiger partial charge in [-0.3, -0.25) is 4.98 Å². The summed E-state index contributed by atoms with van der Waals surface area (Å²) >= 11 is 0. The first-order chi connectivity index (χ1) is 9.32. The minimum absolute atomic E-state index is 0.0927. The molecule has 0 atom stereocenters. The molecular formula is C18H25N2+. The molecule has 0 N–H and O–H groups in total. The number of aromatic nitrogens is 2. The Morgan fingerprint density at radius 3 is 2.40 bits per heavy atom. The lowest BCUT2D eigenvalue weighted by Gasteiger charge is -2.19. The first kappa shape index (κ1) is 14.7. The maximum atomic E-state index is 4.59. The number of nitrogens with zero attached hydrogens (tertiary/aromatic N) is 2. The molecule has 0 aliphatic heterocycles. The second-order valence-corrected chi connectivity index (χ2v) is 6.72. The predicted octanol–water partition coefficient (Wildman–Crippen LogP) is 4.09. The smallest absolute Gasteiger partial charge is 0.232 e. The zero-order valence-electron chi connectivity index (χ0n) is 13.4. The van der Waals surface area contributed by atoms with Crippen molar-refractivity contribution < 1.29 is 4.57 Å². The second kappa shape index (κ2) is 5.35. The monoisotopic (exact) mass is 269 g/mol. The maximum absolute atomic E-state index is 4.59. The van der Waals surface area contributed by atoms with Crippen LogP contribution in [0.2, 0.25) is 0 Å². The topological polar surface area (TPSA) is 16.8 Å². The van der Waals surface area contributed by atoms with Crippen LogP contribution >= 0.6 is 0 Å². The van der Waals surface area contributed by atoms with E-state index in [4.69, 9.17) is 0 Å². The van der Waals surface area contributed by atoms with Crippen LogP contribution in [-0.2, 0) is 5.41 Å². The van der Waals surface area contributed by atoms with E-state index in [-0.39, 0.29) is 5.41 Å². The van der Waals surface area contributed by atoms with Gasteiger partial charge in [0.15, 0.2) is 11.9 Å². The van der Waals surface area contributed by atoms with Crippen LogP contribution < -0.4 is 4.57 Å². The summed E-state index contributed by atoms with van der Waals surface area (Å²) in [5.41, 5.74) is 5.09. The molecule has 2 rings (SSSR count). The molecule has 106 valence electrons. The van der Waals surface area contributed by atoms with Gasteiger partial charge in [0, 0.05) is 35.2 Å². The molecule has 2 heterocycles. The first-order valence-corrected chi connectivity index (χ1v) is 7.29. The Hall–Kier alpha value is -1.70. The lowest BCUT2D eigenvalue weighted by molar-refractivity contribution is -0.609. The molecule has 2 heteroatoms. The fourth-order valence-corrected chi connectivity index (χ4v) is 2.83. The van der Waals surface area contributed by atoms with Gasteiger partial charge in [0.1, 0.15) is 5.69 Å². The minimum Gasteiger partial charge on any atom is -0.254 e. The van der Waals surface area contributed by atoms with Gasteiger partial charge in [-0.25, -0.2) is 0 Å². The van der Waals surface area contributed by atoms with E-state index in [2.05, 4.69) is 75.5 Å². The molecule has 0 amide bonds. The molecule has 0 aliphatic carbocycles. The molecule has 0 saturated heterocycles. The Morgan fingerprint density at radius 2 is 1.80 bits per heavy atom. The summed E-state index contributed by atoms with van der Waals surface area (Å²) in [6.45, 7) is 13.4. The Morgan fingerprint density at radius 1 is 1.10 bits per heavy atom. The van der Waals surface area contributed by atoms with Gasteiger partial charge in [-0.1, -0.05) is 34.6 Å². The summed E-state index contributed by atoms with van der Waals surface area (Å²) in [5, 5.41) is 0. The maximum Gasteiger partial charge on any atom is 0.232 e. The molecule has 0 bridgehead atoms. The largest absolute Gasteiger partial charge is 0.254 e. The van der Waals surface area contributed by atoms with Crippen LogP contribution in [-0.4, -0.2) is 4.98 Å². The summed E-state index contributed by atoms with van der Waals surface area (Å²) < 4.78 is 2.30. The van der Waals surface area contributed by atoms with Crippen molar-refractivity contribution in [2.24, 2.45) is 0 Å². The molecule has 0 saturated carbocycles. The molecule has 0 aromatic carbocycles. The molecule has 2 aromatic rings. The molecular weight excluding hydrogens is 244 g/mol. The van der Waals surface area contributed by atoms with Crippen LogP contribution in [0.5, 0.6) is 0 Å². The van der Waals surface area contributed by atoms with E-state index >= 15 is 0 Å². The third-order valence-electron chi connectivity index (χ3n) is 3.53. The van der Waals surface area contributed by atoms with Crippen LogP contribution in [0.1, 0.15) is 57.5 Å². The number of aryl methyl sites for hydroxylation is 1. The number of pyridine rings is 2. The molecule has 0 radical (unpaired) electrons. The van der Waals surface area contributed by atoms with Crippen LogP contribution in [0.15, 0.2) is 36.7 Å². The van der Waals surface area contributed by atoms with Gasteiger partial charge in [0.25, 0.3) is 0 Å². The predicted molar refractivity (Wildman–Crippen MR) is 83.3 cm³/mol. The van der Waals surface area contributed by atoms with Gasteiger partial charge in [-0.2, -0.15) is 4.57 Å². The van der Waals surface area contributed by atoms with Crippen molar-refractivity contribution in [2.45, 2.75) is 52.9 Å². The van der Waals surface area contributed by atoms with E-state index in [0.717, 1.165) is 5.69 Å². The first-order valence-electron chi connectivity index (χ1n) is 7.29. The van der Waals surface area contributed by atoms with E-state index < -0.39 is 0 Å². The van der Waals surface area contributed by atoms with Gasteiger partial charge in [0.2, 0.25) is 5.69 Å². The second-order valence-electron chi connectivity index (χ2n) is 6.72. The van der Waals surface area contributed by atoms with Gasteiger partial charge in [0.05, 0.1) is 0 Å². The lowest BCUT2D eigenvalue weighted by atomic mass is 9.88. The Kier molecular flexibility index (Phi) is 3.94. The van der Waals surface area contributed by atoms with E-state index in [1.807, 2.05) is 12.3 Å². The highest BCUT2D eigenvalue weighted by Crippen LogP contribution is 2.25. The van der Waals surface area contributed by atoms with Crippen molar-refractivity contribution in [3.05, 3.63) is 53.6 Å². The van der Waals surface area contributed by atoms with Crippen LogP contribution in [0, 0.1) is 6.92 Å². The quantitative estimate of drug-likeness (QED) is 0.750. The van der Waals surface area contributed by atoms with Crippen LogP contribution in [0.4, 0.5) is 0 Å². The SMILES string of the molecule is Cc1ccc[n+](-c2cccnc2C(C)C)c1C(C)(C)C. The minimum atomic E-state index is 0.0927. The molecule has 0 aliphatic rings. The number of rotatable bonds is 2. The molecule has 0 unspecified atom stereocenters. The highest BCUT2D eigenvalue weighted by atomic mass is 15.0. The lowest BCUT2D eigenvalue weighted by Crippen LogP contribution is -2.43. The Balaban J connectivity index is 2.75. The zero-order chi connectivity index (χ0) is 14.9. The highest BCUT2D eigenvalue weighted by Gasteiger charge is 2.30. The van der Waals surface area contributed by atoms with E-state index in [0.29, 0.717) is 5.92 Å². The van der Waals surface area contributed by atoms with Crippen molar-refractivity contribution in [2.75, 3.05) is 0 Å². The molecule has 20 heavy (non-hydrogen) atoms. The third kappa shape index (κ3) is 2.74. The van der Waals surface area contributed by atoms with Gasteiger partial charge in [-0.15, -0.1) is 0 Å². The van der Waals surface area contributed by atoms with Crippen molar-refractivity contribution in [1.29, 1.82) is 0 Å². The van der Waals surface area contributed by atoms with E-state index in [1.54, 1.807) is 0 Å². The van der Waals surface area contributed by atoms with Gasteiger partial charge < -0.3 is 0 Å². The van der Waals surface area contributed by atoms with Crippen molar-refractivity contribution in [1.82, 2.24) is 4.98 Å². The van der Waals surface area contributed by atoms with Gasteiger partial charge >= 0.3 is 0 Å². The van der Waals surface area contributed by atoms with Crippen LogP contribution in [0.25, 0.3) is 5.69 Å². The summed E-state index contributed by atoms with van der Waals surface area (Å²) in [5.74, 6) is 0.409. The average molecular weight is 269 g/mol. The number of hydrogen-bond donors (Lipinski definition) is 0. The van der Waals surface area contributed by atoms with Gasteiger partial charge in [-0.05, 0) is 19.1 Å². The van der Waals surface area contributed by atoms with Crippen LogP contribution in [0.3, 0.4) is 0 Å². The Bertz CT molecular complexity index is 607. The number of hydrogen-bond acceptors (Lipinski definition) is 1. The van der Waals surface area contributed by atoms with E-state index in [1.165, 1.54) is 16.9 Å². The van der Waals surface area contributed by atoms with E-state index in [9.17, 15) is 0 Å². The summed E-state index contributed by atoms with van der Waals surface area (Å²) in [6, 6.07) is 8.48. The van der Waals surface area contributed by atoms with Crippen molar-refractivity contribution in [3.8, 4) is 5.69 Å². The zero-order valence-corrected chi connectivity index (χ0v) is 13.4. The van der Waals surface area contributed by atoms with Crippen molar-refractivity contribution >= 4 is 0 Å². The summed E-state index contributed by atoms with van der Waals surface area (Å²) in [7, 11) is 0. The molecule has 0 spiro atoms. The fourth-order valence-electron chi connectivity index (χ4n) is 2.83. The van der Waals surface area contributed by atoms with Crippen molar-refractivity contribution in [3.63, 3.8) is 0 Å². The summed E-state index contributed by atoms with van der Waals surface area (Å²) in [6.07, 6.45) is 4.03. The fraction of sp³-hybridized carbons (Fsp3) is 0.444. The highest BCUT2D eigenvalue weighted by molar-refractivity contribution is 5.32. The molecule has 0 fully saturated rings. The third-order valence-corrected chi connectivity index (χ3v) is 3.53. The standard InChI is InChI=1S/C18H25N2/c1-13(2)16-15(10-7-11-19-16)20-12-8-9-14(3)17(20)18(4,5)6/h7-13H,1-6H3/q+1. The summed E-state index contributed by atoms with van der Waals surface area (Å²) in [4.78, 5) is 4.59.